The average Bonchev–Trinajstić information content (AvgIpc) is 3.28. The number of rotatable bonds is 9. The maximum atomic E-state index is 13.4. The number of benzene rings is 2. The van der Waals surface area contributed by atoms with E-state index in [0.717, 1.165) is 37.7 Å². The monoisotopic (exact) mass is 527 g/mol. The maximum Gasteiger partial charge on any atom is 0.252 e. The normalized spacial score (nSPS) is 20.0. The van der Waals surface area contributed by atoms with Gasteiger partial charge in [0.05, 0.1) is 5.57 Å². The summed E-state index contributed by atoms with van der Waals surface area (Å²) in [6.45, 7) is 1.88. The Kier molecular flexibility index (Phi) is 9.68. The Balaban J connectivity index is 1.39. The van der Waals surface area contributed by atoms with Gasteiger partial charge in [-0.3, -0.25) is 9.59 Å². The largest absolute Gasteiger partial charge is 0.457 e. The number of hydrogen-bond acceptors (Lipinski definition) is 4. The van der Waals surface area contributed by atoms with Crippen LogP contribution in [0.15, 0.2) is 108 Å². The molecule has 0 saturated heterocycles. The zero-order chi connectivity index (χ0) is 27.6. The molecule has 2 aliphatic carbocycles. The van der Waals surface area contributed by atoms with Crippen LogP contribution in [0.4, 0.5) is 4.39 Å². The molecule has 2 aromatic carbocycles. The number of primary amides is 1. The van der Waals surface area contributed by atoms with Crippen LogP contribution in [0.2, 0.25) is 0 Å². The molecule has 0 aromatic heterocycles. The number of carbonyl (C=O) groups is 2. The molecule has 1 amide bonds. The molecule has 2 N–H and O–H groups in total. The van der Waals surface area contributed by atoms with E-state index in [4.69, 9.17) is 15.2 Å². The van der Waals surface area contributed by atoms with Gasteiger partial charge in [-0.05, 0) is 105 Å². The Morgan fingerprint density at radius 1 is 0.949 bits per heavy atom. The second-order valence-corrected chi connectivity index (χ2v) is 9.79. The van der Waals surface area contributed by atoms with Crippen molar-refractivity contribution in [1.29, 1.82) is 0 Å². The molecule has 0 aliphatic heterocycles. The quantitative estimate of drug-likeness (QED) is 0.270. The summed E-state index contributed by atoms with van der Waals surface area (Å²) in [6.07, 6.45) is 18.8. The highest BCUT2D eigenvalue weighted by molar-refractivity contribution is 5.97. The standard InChI is InChI=1S/C33H34FNO4/c1-2-6-31(36)25-9-3-7-23(15-16-25)13-14-24-8-4-12-32(30(21-24)33(35)37)39-28-19-17-27(18-20-28)38-29-11-5-10-26(34)22-29/h2,5-6,8,10-14,17-23,25H,3-4,7,9,15-16H2,1H3,(H2,35,37). The van der Waals surface area contributed by atoms with Crippen molar-refractivity contribution in [3.05, 3.63) is 114 Å². The molecular formula is C33H34FNO4. The summed E-state index contributed by atoms with van der Waals surface area (Å²) in [6, 6.07) is 12.8. The van der Waals surface area contributed by atoms with Gasteiger partial charge in [0.15, 0.2) is 5.78 Å². The van der Waals surface area contributed by atoms with Crippen molar-refractivity contribution in [1.82, 2.24) is 0 Å². The lowest BCUT2D eigenvalue weighted by atomic mass is 9.94. The second kappa shape index (κ2) is 13.6. The molecule has 2 atom stereocenters. The third-order valence-corrected chi connectivity index (χ3v) is 6.89. The van der Waals surface area contributed by atoms with Crippen LogP contribution in [0.25, 0.3) is 0 Å². The molecule has 1 saturated carbocycles. The summed E-state index contributed by atoms with van der Waals surface area (Å²) >= 11 is 0. The van der Waals surface area contributed by atoms with Gasteiger partial charge in [0.25, 0.3) is 5.91 Å². The first-order valence-corrected chi connectivity index (χ1v) is 13.4. The first-order valence-electron chi connectivity index (χ1n) is 13.4. The summed E-state index contributed by atoms with van der Waals surface area (Å²) in [4.78, 5) is 24.6. The molecule has 0 radical (unpaired) electrons. The molecule has 6 heteroatoms. The van der Waals surface area contributed by atoms with E-state index in [1.807, 2.05) is 31.2 Å². The number of ether oxygens (including phenoxy) is 2. The van der Waals surface area contributed by atoms with Crippen molar-refractivity contribution in [3.8, 4) is 17.2 Å². The number of halogens is 1. The number of ketones is 1. The average molecular weight is 528 g/mol. The number of carbonyl (C=O) groups excluding carboxylic acids is 2. The molecule has 5 nitrogen and oxygen atoms in total. The predicted octanol–water partition coefficient (Wildman–Crippen LogP) is 7.52. The smallest absolute Gasteiger partial charge is 0.252 e. The van der Waals surface area contributed by atoms with Gasteiger partial charge in [-0.2, -0.15) is 0 Å². The Morgan fingerprint density at radius 2 is 1.72 bits per heavy atom. The molecule has 202 valence electrons. The zero-order valence-electron chi connectivity index (χ0n) is 22.1. The molecule has 4 rings (SSSR count). The van der Waals surface area contributed by atoms with E-state index in [9.17, 15) is 14.0 Å². The third-order valence-electron chi connectivity index (χ3n) is 6.89. The molecule has 39 heavy (non-hydrogen) atoms. The maximum absolute atomic E-state index is 13.4. The minimum absolute atomic E-state index is 0.115. The van der Waals surface area contributed by atoms with Gasteiger partial charge in [0.2, 0.25) is 0 Å². The third kappa shape index (κ3) is 8.14. The van der Waals surface area contributed by atoms with E-state index in [0.29, 0.717) is 40.9 Å². The molecule has 0 bridgehead atoms. The van der Waals surface area contributed by atoms with Crippen LogP contribution in [-0.4, -0.2) is 11.7 Å². The lowest BCUT2D eigenvalue weighted by molar-refractivity contribution is -0.118. The summed E-state index contributed by atoms with van der Waals surface area (Å²) in [5, 5.41) is 0. The minimum atomic E-state index is -0.576. The van der Waals surface area contributed by atoms with Gasteiger partial charge in [-0.15, -0.1) is 0 Å². The minimum Gasteiger partial charge on any atom is -0.457 e. The lowest BCUT2D eigenvalue weighted by Gasteiger charge is -2.12. The van der Waals surface area contributed by atoms with Crippen molar-refractivity contribution in [2.75, 3.05) is 0 Å². The van der Waals surface area contributed by atoms with Crippen molar-refractivity contribution >= 4 is 11.7 Å². The highest BCUT2D eigenvalue weighted by atomic mass is 19.1. The van der Waals surface area contributed by atoms with Crippen LogP contribution in [0.3, 0.4) is 0 Å². The molecule has 0 heterocycles. The highest BCUT2D eigenvalue weighted by Gasteiger charge is 2.22. The van der Waals surface area contributed by atoms with Crippen molar-refractivity contribution in [3.63, 3.8) is 0 Å². The van der Waals surface area contributed by atoms with E-state index in [-0.39, 0.29) is 17.5 Å². The van der Waals surface area contributed by atoms with Crippen LogP contribution < -0.4 is 15.2 Å². The van der Waals surface area contributed by atoms with Crippen LogP contribution in [0, 0.1) is 17.7 Å². The molecule has 0 spiro atoms. The SMILES string of the molecule is CC=CC(=O)C1CCCC(C=CC2=CCC=C(Oc3ccc(Oc4cccc(F)c4)cc3)C(C(N)=O)=C2)CC1. The van der Waals surface area contributed by atoms with Gasteiger partial charge in [-0.25, -0.2) is 4.39 Å². The van der Waals surface area contributed by atoms with Gasteiger partial charge in [-0.1, -0.05) is 36.8 Å². The van der Waals surface area contributed by atoms with E-state index in [1.165, 1.54) is 12.1 Å². The van der Waals surface area contributed by atoms with Crippen molar-refractivity contribution in [2.24, 2.45) is 17.6 Å². The van der Waals surface area contributed by atoms with Crippen LogP contribution in [-0.2, 0) is 9.59 Å². The lowest BCUT2D eigenvalue weighted by Crippen LogP contribution is -2.18. The highest BCUT2D eigenvalue weighted by Crippen LogP contribution is 2.31. The van der Waals surface area contributed by atoms with Crippen LogP contribution in [0.1, 0.15) is 45.4 Å². The molecule has 2 aromatic rings. The van der Waals surface area contributed by atoms with E-state index in [1.54, 1.807) is 48.6 Å². The summed E-state index contributed by atoms with van der Waals surface area (Å²) in [7, 11) is 0. The van der Waals surface area contributed by atoms with Crippen molar-refractivity contribution in [2.45, 2.75) is 45.4 Å². The fourth-order valence-corrected chi connectivity index (χ4v) is 4.84. The van der Waals surface area contributed by atoms with Gasteiger partial charge in [0.1, 0.15) is 28.8 Å². The van der Waals surface area contributed by atoms with Crippen molar-refractivity contribution < 1.29 is 23.5 Å². The van der Waals surface area contributed by atoms with E-state index < -0.39 is 5.91 Å². The summed E-state index contributed by atoms with van der Waals surface area (Å²) in [5.41, 5.74) is 6.91. The second-order valence-electron chi connectivity index (χ2n) is 9.79. The molecule has 1 fully saturated rings. The Morgan fingerprint density at radius 3 is 2.44 bits per heavy atom. The van der Waals surface area contributed by atoms with Gasteiger partial charge < -0.3 is 15.2 Å². The van der Waals surface area contributed by atoms with Crippen LogP contribution in [0.5, 0.6) is 17.2 Å². The Bertz CT molecular complexity index is 1330. The first kappa shape index (κ1) is 27.8. The molecular weight excluding hydrogens is 493 g/mol. The fraction of sp³-hybridized carbons (Fsp3) is 0.273. The van der Waals surface area contributed by atoms with E-state index in [2.05, 4.69) is 6.08 Å². The topological polar surface area (TPSA) is 78.6 Å². The fourth-order valence-electron chi connectivity index (χ4n) is 4.84. The number of allylic oxidation sites excluding steroid dienone is 8. The summed E-state index contributed by atoms with van der Waals surface area (Å²) < 4.78 is 25.1. The first-order chi connectivity index (χ1) is 18.9. The number of hydrogen-bond donors (Lipinski definition) is 1. The predicted molar refractivity (Wildman–Crippen MR) is 151 cm³/mol. The van der Waals surface area contributed by atoms with Crippen LogP contribution >= 0.6 is 0 Å². The molecule has 2 aliphatic rings. The zero-order valence-corrected chi connectivity index (χ0v) is 22.1. The summed E-state index contributed by atoms with van der Waals surface area (Å²) in [5.74, 6) is 1.61. The van der Waals surface area contributed by atoms with Gasteiger partial charge >= 0.3 is 0 Å². The van der Waals surface area contributed by atoms with E-state index >= 15 is 0 Å². The number of nitrogens with two attached hydrogens (primary N) is 1. The molecule has 2 unspecified atom stereocenters. The van der Waals surface area contributed by atoms with Gasteiger partial charge in [0, 0.05) is 12.0 Å². The Labute approximate surface area is 229 Å². The Hall–Kier alpha value is -4.19. The number of amides is 1.